The number of aromatic nitrogens is 1. The zero-order valence-electron chi connectivity index (χ0n) is 18.7. The number of carbonyl (C=O) groups is 2. The van der Waals surface area contributed by atoms with Crippen LogP contribution in [0.2, 0.25) is 0 Å². The van der Waals surface area contributed by atoms with Crippen LogP contribution in [0.1, 0.15) is 31.7 Å². The van der Waals surface area contributed by atoms with Crippen molar-refractivity contribution in [2.45, 2.75) is 32.7 Å². The number of nitrogens with two attached hydrogens (primary N) is 1. The number of hydrogen-bond donors (Lipinski definition) is 2. The highest BCUT2D eigenvalue weighted by molar-refractivity contribution is 6.08. The van der Waals surface area contributed by atoms with Crippen LogP contribution in [-0.2, 0) is 16.1 Å². The first-order valence-electron chi connectivity index (χ1n) is 11.6. The largest absolute Gasteiger partial charge is 0.369 e. The van der Waals surface area contributed by atoms with Crippen molar-refractivity contribution < 1.29 is 9.59 Å². The van der Waals surface area contributed by atoms with Crippen LogP contribution in [0.4, 0.5) is 0 Å². The fraction of sp³-hybridized carbons (Fsp3) is 0.385. The van der Waals surface area contributed by atoms with E-state index in [0.29, 0.717) is 6.54 Å². The molecule has 6 heteroatoms. The Hall–Kier alpha value is -3.12. The minimum absolute atomic E-state index is 0.0371. The number of fused-ring (bicyclic) bond motifs is 3. The summed E-state index contributed by atoms with van der Waals surface area (Å²) < 4.78 is 2.32. The summed E-state index contributed by atoms with van der Waals surface area (Å²) >= 11 is 0. The van der Waals surface area contributed by atoms with E-state index in [0.717, 1.165) is 51.0 Å². The molecule has 1 aliphatic rings. The molecular formula is C26H32N4O2. The second kappa shape index (κ2) is 10.0. The van der Waals surface area contributed by atoms with Gasteiger partial charge in [0.1, 0.15) is 0 Å². The van der Waals surface area contributed by atoms with Gasteiger partial charge in [0.15, 0.2) is 0 Å². The Morgan fingerprint density at radius 2 is 1.97 bits per heavy atom. The number of nitrogens with zero attached hydrogens (tertiary/aromatic N) is 2. The molecule has 6 nitrogen and oxygen atoms in total. The highest BCUT2D eigenvalue weighted by Gasteiger charge is 2.23. The minimum atomic E-state index is -0.203. The van der Waals surface area contributed by atoms with Crippen molar-refractivity contribution in [1.82, 2.24) is 14.8 Å². The molecule has 0 aliphatic carbocycles. The molecule has 32 heavy (non-hydrogen) atoms. The van der Waals surface area contributed by atoms with E-state index in [1.54, 1.807) is 6.08 Å². The molecule has 1 aliphatic heterocycles. The summed E-state index contributed by atoms with van der Waals surface area (Å²) in [4.78, 5) is 25.9. The fourth-order valence-electron chi connectivity index (χ4n) is 4.75. The van der Waals surface area contributed by atoms with E-state index in [2.05, 4.69) is 64.2 Å². The number of carbonyl (C=O) groups excluding carboxylic acids is 2. The molecular weight excluding hydrogens is 400 g/mol. The third kappa shape index (κ3) is 4.86. The SMILES string of the molecule is CCn1c2ccccc2c2cc(/C=C/C(=O)NCCCN3CCCC(C(N)=O)C3)ccc21. The Morgan fingerprint density at radius 3 is 2.78 bits per heavy atom. The number of primary amides is 1. The van der Waals surface area contributed by atoms with Gasteiger partial charge in [0.2, 0.25) is 11.8 Å². The molecule has 168 valence electrons. The number of para-hydroxylation sites is 1. The summed E-state index contributed by atoms with van der Waals surface area (Å²) in [5.74, 6) is -0.328. The minimum Gasteiger partial charge on any atom is -0.369 e. The summed E-state index contributed by atoms with van der Waals surface area (Å²) in [5, 5.41) is 5.40. The number of amides is 2. The van der Waals surface area contributed by atoms with Gasteiger partial charge in [-0.1, -0.05) is 24.3 Å². The van der Waals surface area contributed by atoms with Gasteiger partial charge < -0.3 is 20.5 Å². The van der Waals surface area contributed by atoms with Gasteiger partial charge in [0.25, 0.3) is 0 Å². The summed E-state index contributed by atoms with van der Waals surface area (Å²) in [6.07, 6.45) is 6.22. The van der Waals surface area contributed by atoms with Crippen LogP contribution in [0, 0.1) is 5.92 Å². The Labute approximate surface area is 189 Å². The van der Waals surface area contributed by atoms with Crippen molar-refractivity contribution in [2.24, 2.45) is 11.7 Å². The molecule has 1 unspecified atom stereocenters. The molecule has 3 N–H and O–H groups in total. The molecule has 1 saturated heterocycles. The zero-order valence-corrected chi connectivity index (χ0v) is 18.7. The first kappa shape index (κ1) is 22.1. The van der Waals surface area contributed by atoms with Crippen molar-refractivity contribution in [3.8, 4) is 0 Å². The summed E-state index contributed by atoms with van der Waals surface area (Å²) in [5.41, 5.74) is 8.90. The normalized spacial score (nSPS) is 17.3. The lowest BCUT2D eigenvalue weighted by Crippen LogP contribution is -2.42. The van der Waals surface area contributed by atoms with Gasteiger partial charge in [-0.15, -0.1) is 0 Å². The van der Waals surface area contributed by atoms with Crippen molar-refractivity contribution in [3.63, 3.8) is 0 Å². The lowest BCUT2D eigenvalue weighted by molar-refractivity contribution is -0.123. The summed E-state index contributed by atoms with van der Waals surface area (Å²) in [6.45, 7) is 6.29. The van der Waals surface area contributed by atoms with Gasteiger partial charge in [0.05, 0.1) is 5.92 Å². The molecule has 2 amide bonds. The van der Waals surface area contributed by atoms with Gasteiger partial charge in [0, 0.05) is 47.5 Å². The van der Waals surface area contributed by atoms with E-state index in [9.17, 15) is 9.59 Å². The lowest BCUT2D eigenvalue weighted by atomic mass is 9.97. The van der Waals surface area contributed by atoms with Gasteiger partial charge in [-0.3, -0.25) is 9.59 Å². The van der Waals surface area contributed by atoms with Crippen LogP contribution >= 0.6 is 0 Å². The molecule has 4 rings (SSSR count). The topological polar surface area (TPSA) is 80.4 Å². The van der Waals surface area contributed by atoms with Crippen LogP contribution < -0.4 is 11.1 Å². The number of benzene rings is 2. The number of piperidine rings is 1. The number of aryl methyl sites for hydroxylation is 1. The van der Waals surface area contributed by atoms with E-state index < -0.39 is 0 Å². The second-order valence-corrected chi connectivity index (χ2v) is 8.56. The predicted octanol–water partition coefficient (Wildman–Crippen LogP) is 3.53. The number of nitrogens with one attached hydrogen (secondary N) is 1. The van der Waals surface area contributed by atoms with Gasteiger partial charge in [-0.25, -0.2) is 0 Å². The Balaban J connectivity index is 1.32. The fourth-order valence-corrected chi connectivity index (χ4v) is 4.75. The third-order valence-electron chi connectivity index (χ3n) is 6.40. The quantitative estimate of drug-likeness (QED) is 0.422. The monoisotopic (exact) mass is 432 g/mol. The number of likely N-dealkylation sites (tertiary alicyclic amines) is 1. The molecule has 2 heterocycles. The maximum atomic E-state index is 12.3. The summed E-state index contributed by atoms with van der Waals surface area (Å²) in [6, 6.07) is 14.8. The van der Waals surface area contributed by atoms with E-state index >= 15 is 0 Å². The smallest absolute Gasteiger partial charge is 0.243 e. The predicted molar refractivity (Wildman–Crippen MR) is 130 cm³/mol. The molecule has 0 spiro atoms. The van der Waals surface area contributed by atoms with Crippen LogP contribution in [0.25, 0.3) is 27.9 Å². The van der Waals surface area contributed by atoms with E-state index in [1.807, 2.05) is 6.08 Å². The van der Waals surface area contributed by atoms with Crippen LogP contribution in [0.15, 0.2) is 48.5 Å². The van der Waals surface area contributed by atoms with Crippen LogP contribution in [-0.4, -0.2) is 47.5 Å². The maximum Gasteiger partial charge on any atom is 0.243 e. The highest BCUT2D eigenvalue weighted by Crippen LogP contribution is 2.29. The second-order valence-electron chi connectivity index (χ2n) is 8.56. The lowest BCUT2D eigenvalue weighted by Gasteiger charge is -2.31. The van der Waals surface area contributed by atoms with Crippen LogP contribution in [0.3, 0.4) is 0 Å². The van der Waals surface area contributed by atoms with Crippen molar-refractivity contribution in [2.75, 3.05) is 26.2 Å². The molecule has 3 aromatic rings. The molecule has 0 saturated carbocycles. The first-order valence-corrected chi connectivity index (χ1v) is 11.6. The molecule has 1 aromatic heterocycles. The summed E-state index contributed by atoms with van der Waals surface area (Å²) in [7, 11) is 0. The molecule has 1 atom stereocenters. The third-order valence-corrected chi connectivity index (χ3v) is 6.40. The standard InChI is InChI=1S/C26H32N4O2/c1-2-30-23-9-4-3-8-21(23)22-17-19(10-12-24(22)30)11-13-25(31)28-14-6-16-29-15-5-7-20(18-29)26(27)32/h3-4,8-13,17,20H,2,5-7,14-16,18H2,1H3,(H2,27,32)(H,28,31)/b13-11+. The average molecular weight is 433 g/mol. The van der Waals surface area contributed by atoms with E-state index in [-0.39, 0.29) is 17.7 Å². The number of rotatable bonds is 8. The van der Waals surface area contributed by atoms with Crippen molar-refractivity contribution in [3.05, 3.63) is 54.1 Å². The maximum absolute atomic E-state index is 12.3. The van der Waals surface area contributed by atoms with Crippen molar-refractivity contribution >= 4 is 39.7 Å². The zero-order chi connectivity index (χ0) is 22.5. The molecule has 1 fully saturated rings. The Bertz CT molecular complexity index is 1150. The average Bonchev–Trinajstić information content (AvgIpc) is 3.13. The Morgan fingerprint density at radius 1 is 1.16 bits per heavy atom. The Kier molecular flexibility index (Phi) is 6.90. The van der Waals surface area contributed by atoms with Crippen LogP contribution in [0.5, 0.6) is 0 Å². The van der Waals surface area contributed by atoms with Gasteiger partial charge in [-0.2, -0.15) is 0 Å². The van der Waals surface area contributed by atoms with Gasteiger partial charge >= 0.3 is 0 Å². The van der Waals surface area contributed by atoms with Gasteiger partial charge in [-0.05, 0) is 69.1 Å². The van der Waals surface area contributed by atoms with E-state index in [4.69, 9.17) is 5.73 Å². The van der Waals surface area contributed by atoms with Crippen molar-refractivity contribution in [1.29, 1.82) is 0 Å². The molecule has 0 bridgehead atoms. The van der Waals surface area contributed by atoms with E-state index in [1.165, 1.54) is 21.8 Å². The number of hydrogen-bond acceptors (Lipinski definition) is 3. The first-order chi connectivity index (χ1) is 15.6. The highest BCUT2D eigenvalue weighted by atomic mass is 16.1. The molecule has 0 radical (unpaired) electrons. The molecule has 2 aromatic carbocycles.